The highest BCUT2D eigenvalue weighted by Crippen LogP contribution is 2.14. The Kier molecular flexibility index (Phi) is 3.78. The van der Waals surface area contributed by atoms with E-state index in [1.165, 1.54) is 4.90 Å². The highest BCUT2D eigenvalue weighted by molar-refractivity contribution is 5.81. The highest BCUT2D eigenvalue weighted by atomic mass is 16.6. The number of cyclic esters (lactones) is 1. The Hall–Kier alpha value is -1.26. The van der Waals surface area contributed by atoms with Crippen molar-refractivity contribution in [2.24, 2.45) is 5.41 Å². The molecular weight excluding hydrogens is 208 g/mol. The second-order valence-corrected chi connectivity index (χ2v) is 5.18. The molecule has 1 N–H and O–H groups in total. The van der Waals surface area contributed by atoms with Crippen LogP contribution in [0.5, 0.6) is 0 Å². The van der Waals surface area contributed by atoms with E-state index < -0.39 is 0 Å². The van der Waals surface area contributed by atoms with Gasteiger partial charge in [0.2, 0.25) is 5.91 Å². The monoisotopic (exact) mass is 228 g/mol. The van der Waals surface area contributed by atoms with E-state index in [0.29, 0.717) is 19.5 Å². The molecule has 1 atom stereocenters. The van der Waals surface area contributed by atoms with Crippen molar-refractivity contribution in [3.05, 3.63) is 0 Å². The predicted octanol–water partition coefficient (Wildman–Crippen LogP) is 0.989. The molecule has 1 heterocycles. The normalized spacial score (nSPS) is 20.9. The van der Waals surface area contributed by atoms with Crippen molar-refractivity contribution in [3.8, 4) is 0 Å². The van der Waals surface area contributed by atoms with Crippen molar-refractivity contribution in [2.45, 2.75) is 33.3 Å². The van der Waals surface area contributed by atoms with Gasteiger partial charge in [-0.3, -0.25) is 4.79 Å². The Balaban J connectivity index is 2.22. The van der Waals surface area contributed by atoms with Gasteiger partial charge in [-0.05, 0) is 0 Å². The lowest BCUT2D eigenvalue weighted by Crippen LogP contribution is -2.36. The van der Waals surface area contributed by atoms with Crippen molar-refractivity contribution >= 4 is 12.0 Å². The number of nitrogens with one attached hydrogen (secondary N) is 1. The molecule has 0 saturated carbocycles. The van der Waals surface area contributed by atoms with Crippen LogP contribution in [0.1, 0.15) is 27.2 Å². The Morgan fingerprint density at radius 3 is 2.62 bits per heavy atom. The van der Waals surface area contributed by atoms with Gasteiger partial charge >= 0.3 is 6.09 Å². The zero-order chi connectivity index (χ0) is 12.3. The number of carbonyl (C=O) groups excluding carboxylic acids is 2. The van der Waals surface area contributed by atoms with E-state index in [1.54, 1.807) is 7.05 Å². The van der Waals surface area contributed by atoms with Gasteiger partial charge in [-0.2, -0.15) is 0 Å². The lowest BCUT2D eigenvalue weighted by atomic mass is 9.96. The van der Waals surface area contributed by atoms with E-state index in [2.05, 4.69) is 5.32 Å². The van der Waals surface area contributed by atoms with Crippen LogP contribution in [0.2, 0.25) is 0 Å². The zero-order valence-corrected chi connectivity index (χ0v) is 10.4. The summed E-state index contributed by atoms with van der Waals surface area (Å²) in [6.07, 6.45) is 0.280. The summed E-state index contributed by atoms with van der Waals surface area (Å²) in [7, 11) is 1.70. The maximum atomic E-state index is 11.5. The summed E-state index contributed by atoms with van der Waals surface area (Å²) in [5, 5.41) is 2.83. The third-order valence-corrected chi connectivity index (χ3v) is 2.49. The van der Waals surface area contributed by atoms with E-state index in [9.17, 15) is 9.59 Å². The van der Waals surface area contributed by atoms with Crippen LogP contribution in [0.15, 0.2) is 0 Å². The molecule has 0 aromatic heterocycles. The molecular formula is C11H20N2O3. The molecule has 1 fully saturated rings. The fourth-order valence-electron chi connectivity index (χ4n) is 1.41. The Bertz CT molecular complexity index is 283. The van der Waals surface area contributed by atoms with Crippen LogP contribution >= 0.6 is 0 Å². The Labute approximate surface area is 96.1 Å². The SMILES string of the molecule is CN1CC(CCNC(=O)C(C)(C)C)OC1=O. The summed E-state index contributed by atoms with van der Waals surface area (Å²) < 4.78 is 5.08. The van der Waals surface area contributed by atoms with E-state index in [4.69, 9.17) is 4.74 Å². The minimum atomic E-state index is -0.372. The average molecular weight is 228 g/mol. The van der Waals surface area contributed by atoms with E-state index in [-0.39, 0.29) is 23.5 Å². The third-order valence-electron chi connectivity index (χ3n) is 2.49. The van der Waals surface area contributed by atoms with Crippen molar-refractivity contribution in [2.75, 3.05) is 20.1 Å². The molecule has 0 radical (unpaired) electrons. The Morgan fingerprint density at radius 2 is 2.19 bits per heavy atom. The molecule has 2 amide bonds. The summed E-state index contributed by atoms with van der Waals surface area (Å²) in [4.78, 5) is 24.1. The van der Waals surface area contributed by atoms with Crippen molar-refractivity contribution in [1.82, 2.24) is 10.2 Å². The lowest BCUT2D eigenvalue weighted by Gasteiger charge is -2.18. The van der Waals surface area contributed by atoms with Crippen LogP contribution in [0.4, 0.5) is 4.79 Å². The van der Waals surface area contributed by atoms with Gasteiger partial charge in [0.1, 0.15) is 6.10 Å². The van der Waals surface area contributed by atoms with Crippen LogP contribution in [0, 0.1) is 5.41 Å². The van der Waals surface area contributed by atoms with Crippen LogP contribution in [0.3, 0.4) is 0 Å². The minimum absolute atomic E-state index is 0.0187. The van der Waals surface area contributed by atoms with E-state index in [1.807, 2.05) is 20.8 Å². The number of rotatable bonds is 3. The first kappa shape index (κ1) is 12.8. The molecule has 0 aromatic carbocycles. The molecule has 1 unspecified atom stereocenters. The minimum Gasteiger partial charge on any atom is -0.444 e. The largest absolute Gasteiger partial charge is 0.444 e. The maximum absolute atomic E-state index is 11.5. The highest BCUT2D eigenvalue weighted by Gasteiger charge is 2.28. The first-order chi connectivity index (χ1) is 7.30. The fraction of sp³-hybridized carbons (Fsp3) is 0.818. The molecule has 0 bridgehead atoms. The van der Waals surface area contributed by atoms with Crippen LogP contribution < -0.4 is 5.32 Å². The van der Waals surface area contributed by atoms with Crippen molar-refractivity contribution in [3.63, 3.8) is 0 Å². The molecule has 1 aliphatic heterocycles. The van der Waals surface area contributed by atoms with Crippen LogP contribution in [0.25, 0.3) is 0 Å². The number of amides is 2. The summed E-state index contributed by atoms with van der Waals surface area (Å²) in [5.41, 5.74) is -0.372. The summed E-state index contributed by atoms with van der Waals surface area (Å²) in [6.45, 7) is 6.75. The molecule has 0 spiro atoms. The molecule has 5 nitrogen and oxygen atoms in total. The predicted molar refractivity (Wildman–Crippen MR) is 60.0 cm³/mol. The summed E-state index contributed by atoms with van der Waals surface area (Å²) in [6, 6.07) is 0. The van der Waals surface area contributed by atoms with Gasteiger partial charge in [0.15, 0.2) is 0 Å². The van der Waals surface area contributed by atoms with Gasteiger partial charge in [-0.15, -0.1) is 0 Å². The van der Waals surface area contributed by atoms with Gasteiger partial charge in [-0.1, -0.05) is 20.8 Å². The van der Waals surface area contributed by atoms with Gasteiger partial charge in [0.25, 0.3) is 0 Å². The van der Waals surface area contributed by atoms with Gasteiger partial charge in [0, 0.05) is 25.4 Å². The lowest BCUT2D eigenvalue weighted by molar-refractivity contribution is -0.128. The standard InChI is InChI=1S/C11H20N2O3/c1-11(2,3)9(14)12-6-5-8-7-13(4)10(15)16-8/h8H,5-7H2,1-4H3,(H,12,14). The number of hydrogen-bond acceptors (Lipinski definition) is 3. The number of likely N-dealkylation sites (N-methyl/N-ethyl adjacent to an activating group) is 1. The molecule has 0 aromatic rings. The molecule has 5 heteroatoms. The van der Waals surface area contributed by atoms with E-state index >= 15 is 0 Å². The second kappa shape index (κ2) is 4.72. The molecule has 1 aliphatic rings. The molecule has 92 valence electrons. The molecule has 1 rings (SSSR count). The first-order valence-corrected chi connectivity index (χ1v) is 5.51. The van der Waals surface area contributed by atoms with E-state index in [0.717, 1.165) is 0 Å². The van der Waals surface area contributed by atoms with Gasteiger partial charge < -0.3 is 15.0 Å². The van der Waals surface area contributed by atoms with Crippen LogP contribution in [-0.4, -0.2) is 43.1 Å². The smallest absolute Gasteiger partial charge is 0.409 e. The summed E-state index contributed by atoms with van der Waals surface area (Å²) >= 11 is 0. The van der Waals surface area contributed by atoms with Gasteiger partial charge in [-0.25, -0.2) is 4.79 Å². The number of hydrogen-bond donors (Lipinski definition) is 1. The third kappa shape index (κ3) is 3.40. The quantitative estimate of drug-likeness (QED) is 0.783. The summed E-state index contributed by atoms with van der Waals surface area (Å²) in [5.74, 6) is 0.0187. The average Bonchev–Trinajstić information content (AvgIpc) is 2.44. The number of ether oxygens (including phenoxy) is 1. The van der Waals surface area contributed by atoms with Crippen molar-refractivity contribution < 1.29 is 14.3 Å². The van der Waals surface area contributed by atoms with Crippen molar-refractivity contribution in [1.29, 1.82) is 0 Å². The molecule has 1 saturated heterocycles. The Morgan fingerprint density at radius 1 is 1.56 bits per heavy atom. The molecule has 16 heavy (non-hydrogen) atoms. The zero-order valence-electron chi connectivity index (χ0n) is 10.4. The molecule has 0 aliphatic carbocycles. The first-order valence-electron chi connectivity index (χ1n) is 5.51. The number of carbonyl (C=O) groups is 2. The maximum Gasteiger partial charge on any atom is 0.409 e. The van der Waals surface area contributed by atoms with Gasteiger partial charge in [0.05, 0.1) is 6.54 Å². The van der Waals surface area contributed by atoms with Crippen LogP contribution in [-0.2, 0) is 9.53 Å². The number of nitrogens with zero attached hydrogens (tertiary/aromatic N) is 1. The fourth-order valence-corrected chi connectivity index (χ4v) is 1.41. The second-order valence-electron chi connectivity index (χ2n) is 5.18. The topological polar surface area (TPSA) is 58.6 Å².